The van der Waals surface area contributed by atoms with Crippen LogP contribution in [0, 0.1) is 29.1 Å². The molecule has 0 aliphatic carbocycles. The molecule has 0 radical (unpaired) electrons. The van der Waals surface area contributed by atoms with Crippen molar-refractivity contribution >= 4 is 43.9 Å². The van der Waals surface area contributed by atoms with Gasteiger partial charge in [0, 0.05) is 5.56 Å². The van der Waals surface area contributed by atoms with Crippen LogP contribution in [0.25, 0.3) is 21.5 Å². The molecule has 0 amide bonds. The van der Waals surface area contributed by atoms with E-state index >= 15 is 0 Å². The Kier molecular flexibility index (Phi) is 7.83. The number of hydrogen-bond donors (Lipinski definition) is 0. The molecule has 0 aliphatic rings. The van der Waals surface area contributed by atoms with Crippen molar-refractivity contribution in [2.24, 2.45) is 0 Å². The van der Waals surface area contributed by atoms with Crippen molar-refractivity contribution in [1.82, 2.24) is 0 Å². The highest BCUT2D eigenvalue weighted by molar-refractivity contribution is 8.01. The Labute approximate surface area is 219 Å². The van der Waals surface area contributed by atoms with Crippen LogP contribution in [0.2, 0.25) is 0 Å². The van der Waals surface area contributed by atoms with Crippen molar-refractivity contribution < 1.29 is 39.1 Å². The van der Waals surface area contributed by atoms with E-state index in [1.165, 1.54) is 27.1 Å². The first-order valence-electron chi connectivity index (χ1n) is 11.5. The van der Waals surface area contributed by atoms with Gasteiger partial charge in [0.25, 0.3) is 0 Å². The van der Waals surface area contributed by atoms with E-state index < -0.39 is 51.5 Å². The van der Waals surface area contributed by atoms with Crippen LogP contribution in [0.5, 0.6) is 0 Å². The Morgan fingerprint density at radius 2 is 1.03 bits per heavy atom. The fraction of sp³-hybridized carbons (Fsp3) is 0.0714. The molecule has 0 aliphatic heterocycles. The third-order valence-electron chi connectivity index (χ3n) is 6.12. The Morgan fingerprint density at radius 3 is 1.49 bits per heavy atom. The van der Waals surface area contributed by atoms with E-state index in [0.29, 0.717) is 5.75 Å². The van der Waals surface area contributed by atoms with Crippen LogP contribution >= 0.6 is 0 Å². The smallest absolute Gasteiger partial charge is 0.445 e. The standard InChI is InChI=1S/C22H19OS.C6BF8/c1-24(23,19-11-3-2-4-12-19)16-22-20-13-7-5-9-17(20)15-18-10-6-8-14-21(18)22;8-2-1(7(13,14)15)3(9)5(11)6(12)4(2)10/h2-15H,16H2,1H3;/q+1;-1. The lowest BCUT2D eigenvalue weighted by Crippen LogP contribution is -2.41. The minimum absolute atomic E-state index is 0.554. The molecule has 11 heteroatoms. The number of halogens is 8. The summed E-state index contributed by atoms with van der Waals surface area (Å²) in [6.45, 7) is -6.30. The maximum atomic E-state index is 13.4. The zero-order chi connectivity index (χ0) is 28.5. The molecular weight excluding hydrogens is 547 g/mol. The molecule has 1 unspecified atom stereocenters. The summed E-state index contributed by atoms with van der Waals surface area (Å²) in [4.78, 5) is 0.919. The first-order chi connectivity index (χ1) is 18.3. The summed E-state index contributed by atoms with van der Waals surface area (Å²) in [6.07, 6.45) is 1.87. The van der Waals surface area contributed by atoms with E-state index in [9.17, 15) is 39.1 Å². The summed E-state index contributed by atoms with van der Waals surface area (Å²) < 4.78 is 111. The van der Waals surface area contributed by atoms with Gasteiger partial charge < -0.3 is 12.9 Å². The minimum atomic E-state index is -6.30. The summed E-state index contributed by atoms with van der Waals surface area (Å²) in [5, 5.41) is 4.80. The number of rotatable bonds is 4. The Bertz CT molecular complexity index is 1640. The van der Waals surface area contributed by atoms with Gasteiger partial charge in [0.2, 0.25) is 0 Å². The second-order valence-electron chi connectivity index (χ2n) is 8.82. The van der Waals surface area contributed by atoms with E-state index in [0.717, 1.165) is 4.90 Å². The van der Waals surface area contributed by atoms with Gasteiger partial charge in [0.15, 0.2) is 22.3 Å². The van der Waals surface area contributed by atoms with Crippen molar-refractivity contribution in [3.63, 3.8) is 0 Å². The highest BCUT2D eigenvalue weighted by atomic mass is 32.2. The molecule has 0 N–H and O–H groups in total. The van der Waals surface area contributed by atoms with E-state index in [-0.39, 0.29) is 0 Å². The largest absolute Gasteiger partial charge is 0.515 e. The van der Waals surface area contributed by atoms with Gasteiger partial charge in [-0.15, -0.1) is 0 Å². The summed E-state index contributed by atoms with van der Waals surface area (Å²) >= 11 is 0. The van der Waals surface area contributed by atoms with Crippen LogP contribution in [0.1, 0.15) is 5.56 Å². The normalized spacial score (nSPS) is 13.2. The zero-order valence-electron chi connectivity index (χ0n) is 20.2. The topological polar surface area (TPSA) is 17.1 Å². The summed E-state index contributed by atoms with van der Waals surface area (Å²) in [5.74, 6) is -13.0. The van der Waals surface area contributed by atoms with Gasteiger partial charge in [-0.05, 0) is 45.2 Å². The Balaban J connectivity index is 0.000000204. The number of hydrogen-bond acceptors (Lipinski definition) is 1. The SMILES string of the molecule is C[S+](=O)(Cc1c2ccccc2cc2ccccc12)c1ccccc1.Fc1c(F)c(F)c([B-](F)(F)F)c(F)c1F. The quantitative estimate of drug-likeness (QED) is 0.0537. The molecule has 0 spiro atoms. The maximum Gasteiger partial charge on any atom is 0.515 e. The fourth-order valence-electron chi connectivity index (χ4n) is 4.24. The molecule has 0 aromatic heterocycles. The molecule has 0 saturated carbocycles. The second-order valence-corrected chi connectivity index (χ2v) is 11.6. The van der Waals surface area contributed by atoms with Crippen molar-refractivity contribution in [3.8, 4) is 0 Å². The average molecular weight is 566 g/mol. The lowest BCUT2D eigenvalue weighted by atomic mass is 9.79. The lowest BCUT2D eigenvalue weighted by molar-refractivity contribution is 0.377. The zero-order valence-corrected chi connectivity index (χ0v) is 21.0. The highest BCUT2D eigenvalue weighted by Gasteiger charge is 2.38. The van der Waals surface area contributed by atoms with Gasteiger partial charge in [-0.25, -0.2) is 22.0 Å². The molecule has 5 rings (SSSR count). The number of fused-ring (bicyclic) bond motifs is 2. The Hall–Kier alpha value is -3.73. The second kappa shape index (κ2) is 10.8. The average Bonchev–Trinajstić information content (AvgIpc) is 2.91. The molecule has 5 aromatic carbocycles. The van der Waals surface area contributed by atoms with Gasteiger partial charge in [-0.1, -0.05) is 70.9 Å². The van der Waals surface area contributed by atoms with Crippen LogP contribution in [0.15, 0.2) is 89.8 Å². The molecule has 0 fully saturated rings. The van der Waals surface area contributed by atoms with Gasteiger partial charge in [-0.3, -0.25) is 0 Å². The molecule has 0 saturated heterocycles. The molecule has 0 heterocycles. The highest BCUT2D eigenvalue weighted by Crippen LogP contribution is 2.33. The van der Waals surface area contributed by atoms with Crippen molar-refractivity contribution in [1.29, 1.82) is 0 Å². The van der Waals surface area contributed by atoms with Gasteiger partial charge in [0.05, 0.1) is 0 Å². The van der Waals surface area contributed by atoms with E-state index in [2.05, 4.69) is 54.6 Å². The fourth-order valence-corrected chi connectivity index (χ4v) is 6.00. The van der Waals surface area contributed by atoms with Gasteiger partial charge >= 0.3 is 6.98 Å². The molecule has 1 atom stereocenters. The lowest BCUT2D eigenvalue weighted by Gasteiger charge is -2.17. The van der Waals surface area contributed by atoms with Gasteiger partial charge in [-0.2, -0.15) is 0 Å². The molecule has 5 aromatic rings. The van der Waals surface area contributed by atoms with Crippen molar-refractivity contribution in [2.75, 3.05) is 6.26 Å². The maximum absolute atomic E-state index is 13.4. The van der Waals surface area contributed by atoms with E-state index in [1.807, 2.05) is 36.6 Å². The molecule has 202 valence electrons. The molecule has 1 nitrogen and oxygen atoms in total. The minimum Gasteiger partial charge on any atom is -0.445 e. The predicted octanol–water partition coefficient (Wildman–Crippen LogP) is 8.12. The van der Waals surface area contributed by atoms with Crippen molar-refractivity contribution in [2.45, 2.75) is 10.6 Å². The summed E-state index contributed by atoms with van der Waals surface area (Å²) in [5.41, 5.74) is -1.55. The van der Waals surface area contributed by atoms with Gasteiger partial charge in [0.1, 0.15) is 33.6 Å². The van der Waals surface area contributed by atoms with Crippen LogP contribution < -0.4 is 5.46 Å². The summed E-state index contributed by atoms with van der Waals surface area (Å²) in [7, 11) is -2.15. The first kappa shape index (κ1) is 28.3. The first-order valence-corrected chi connectivity index (χ1v) is 13.6. The number of benzene rings is 5. The van der Waals surface area contributed by atoms with Crippen LogP contribution in [0.4, 0.5) is 34.9 Å². The van der Waals surface area contributed by atoms with Crippen LogP contribution in [-0.4, -0.2) is 13.2 Å². The Morgan fingerprint density at radius 1 is 0.615 bits per heavy atom. The predicted molar refractivity (Wildman–Crippen MR) is 139 cm³/mol. The molecule has 39 heavy (non-hydrogen) atoms. The third kappa shape index (κ3) is 5.68. The van der Waals surface area contributed by atoms with Crippen LogP contribution in [0.3, 0.4) is 0 Å². The van der Waals surface area contributed by atoms with Crippen molar-refractivity contribution in [3.05, 3.63) is 120 Å². The monoisotopic (exact) mass is 566 g/mol. The summed E-state index contributed by atoms with van der Waals surface area (Å²) in [6, 6.07) is 28.8. The third-order valence-corrected chi connectivity index (χ3v) is 8.22. The molecular formula is C28H19BF8OS. The molecule has 0 bridgehead atoms. The van der Waals surface area contributed by atoms with Crippen LogP contribution in [-0.2, 0) is 19.9 Å². The van der Waals surface area contributed by atoms with E-state index in [1.54, 1.807) is 0 Å². The van der Waals surface area contributed by atoms with E-state index in [4.69, 9.17) is 0 Å².